The lowest BCUT2D eigenvalue weighted by atomic mass is 9.92. The standard InChI is InChI=1S/C14H18N2O/c1-10-3-2-4-14(13(10)9-15)16-11-5-7-12(17)8-6-11/h2-4,11-12,16-17H,5-8H2,1H3. The highest BCUT2D eigenvalue weighted by Gasteiger charge is 2.19. The fourth-order valence-electron chi connectivity index (χ4n) is 2.38. The summed E-state index contributed by atoms with van der Waals surface area (Å²) < 4.78 is 0. The Morgan fingerprint density at radius 3 is 2.65 bits per heavy atom. The lowest BCUT2D eigenvalue weighted by Gasteiger charge is -2.27. The summed E-state index contributed by atoms with van der Waals surface area (Å²) in [5, 5.41) is 22.0. The first-order chi connectivity index (χ1) is 8.20. The minimum absolute atomic E-state index is 0.138. The highest BCUT2D eigenvalue weighted by atomic mass is 16.3. The van der Waals surface area contributed by atoms with Gasteiger partial charge in [0, 0.05) is 6.04 Å². The van der Waals surface area contributed by atoms with Crippen molar-refractivity contribution in [3.8, 4) is 6.07 Å². The van der Waals surface area contributed by atoms with Crippen LogP contribution in [-0.4, -0.2) is 17.3 Å². The van der Waals surface area contributed by atoms with Crippen LogP contribution in [0.4, 0.5) is 5.69 Å². The second-order valence-electron chi connectivity index (χ2n) is 4.76. The fourth-order valence-corrected chi connectivity index (χ4v) is 2.38. The van der Waals surface area contributed by atoms with Gasteiger partial charge in [-0.3, -0.25) is 0 Å². The Hall–Kier alpha value is -1.53. The van der Waals surface area contributed by atoms with Crippen LogP contribution in [0.25, 0.3) is 0 Å². The van der Waals surface area contributed by atoms with E-state index < -0.39 is 0 Å². The quantitative estimate of drug-likeness (QED) is 0.821. The van der Waals surface area contributed by atoms with Gasteiger partial charge in [0.25, 0.3) is 0 Å². The maximum absolute atomic E-state index is 9.46. The number of hydrogen-bond acceptors (Lipinski definition) is 3. The molecule has 1 aromatic carbocycles. The second kappa shape index (κ2) is 5.20. The number of aryl methyl sites for hydroxylation is 1. The monoisotopic (exact) mass is 230 g/mol. The molecular formula is C14H18N2O. The largest absolute Gasteiger partial charge is 0.393 e. The molecule has 0 unspecified atom stereocenters. The number of anilines is 1. The van der Waals surface area contributed by atoms with E-state index in [9.17, 15) is 5.11 Å². The van der Waals surface area contributed by atoms with E-state index in [1.807, 2.05) is 25.1 Å². The summed E-state index contributed by atoms with van der Waals surface area (Å²) in [6.45, 7) is 1.95. The molecule has 3 nitrogen and oxygen atoms in total. The van der Waals surface area contributed by atoms with E-state index in [1.165, 1.54) is 0 Å². The molecule has 1 fully saturated rings. The third kappa shape index (κ3) is 2.78. The van der Waals surface area contributed by atoms with Gasteiger partial charge in [-0.1, -0.05) is 12.1 Å². The second-order valence-corrected chi connectivity index (χ2v) is 4.76. The molecule has 0 aliphatic heterocycles. The maximum atomic E-state index is 9.46. The van der Waals surface area contributed by atoms with Gasteiger partial charge < -0.3 is 10.4 Å². The first-order valence-corrected chi connectivity index (χ1v) is 6.15. The molecule has 0 amide bonds. The lowest BCUT2D eigenvalue weighted by molar-refractivity contribution is 0.126. The first-order valence-electron chi connectivity index (χ1n) is 6.15. The number of benzene rings is 1. The first kappa shape index (κ1) is 11.9. The summed E-state index contributed by atoms with van der Waals surface area (Å²) in [5.41, 5.74) is 2.67. The van der Waals surface area contributed by atoms with Gasteiger partial charge in [-0.2, -0.15) is 5.26 Å². The van der Waals surface area contributed by atoms with Crippen LogP contribution in [0.2, 0.25) is 0 Å². The van der Waals surface area contributed by atoms with Crippen molar-refractivity contribution in [3.05, 3.63) is 29.3 Å². The van der Waals surface area contributed by atoms with Crippen molar-refractivity contribution in [1.82, 2.24) is 0 Å². The zero-order chi connectivity index (χ0) is 12.3. The van der Waals surface area contributed by atoms with Gasteiger partial charge in [0.1, 0.15) is 6.07 Å². The van der Waals surface area contributed by atoms with Crippen LogP contribution < -0.4 is 5.32 Å². The van der Waals surface area contributed by atoms with Crippen molar-refractivity contribution >= 4 is 5.69 Å². The van der Waals surface area contributed by atoms with Crippen molar-refractivity contribution in [1.29, 1.82) is 5.26 Å². The van der Waals surface area contributed by atoms with Crippen LogP contribution in [-0.2, 0) is 0 Å². The number of hydrogen-bond donors (Lipinski definition) is 2. The molecule has 0 aromatic heterocycles. The van der Waals surface area contributed by atoms with Gasteiger partial charge in [-0.15, -0.1) is 0 Å². The average molecular weight is 230 g/mol. The summed E-state index contributed by atoms with van der Waals surface area (Å²) in [7, 11) is 0. The van der Waals surface area contributed by atoms with Gasteiger partial charge in [-0.05, 0) is 44.2 Å². The Morgan fingerprint density at radius 2 is 2.00 bits per heavy atom. The SMILES string of the molecule is Cc1cccc(NC2CCC(O)CC2)c1C#N. The summed E-state index contributed by atoms with van der Waals surface area (Å²) in [6.07, 6.45) is 3.51. The molecular weight excluding hydrogens is 212 g/mol. The zero-order valence-corrected chi connectivity index (χ0v) is 10.1. The fraction of sp³-hybridized carbons (Fsp3) is 0.500. The van der Waals surface area contributed by atoms with E-state index in [0.29, 0.717) is 6.04 Å². The van der Waals surface area contributed by atoms with Crippen molar-refractivity contribution in [3.63, 3.8) is 0 Å². The predicted molar refractivity (Wildman–Crippen MR) is 67.8 cm³/mol. The highest BCUT2D eigenvalue weighted by molar-refractivity contribution is 5.61. The Labute approximate surface area is 102 Å². The van der Waals surface area contributed by atoms with Crippen LogP contribution in [0.3, 0.4) is 0 Å². The van der Waals surface area contributed by atoms with Crippen molar-refractivity contribution < 1.29 is 5.11 Å². The van der Waals surface area contributed by atoms with E-state index in [-0.39, 0.29) is 6.10 Å². The molecule has 1 aliphatic rings. The Balaban J connectivity index is 2.09. The molecule has 2 N–H and O–H groups in total. The van der Waals surface area contributed by atoms with Gasteiger partial charge in [0.05, 0.1) is 17.4 Å². The van der Waals surface area contributed by atoms with E-state index >= 15 is 0 Å². The van der Waals surface area contributed by atoms with E-state index in [0.717, 1.165) is 42.5 Å². The van der Waals surface area contributed by atoms with E-state index in [1.54, 1.807) is 0 Å². The molecule has 2 rings (SSSR count). The van der Waals surface area contributed by atoms with Gasteiger partial charge in [0.2, 0.25) is 0 Å². The predicted octanol–water partition coefficient (Wildman–Crippen LogP) is 2.58. The number of nitriles is 1. The molecule has 0 bridgehead atoms. The summed E-state index contributed by atoms with van der Waals surface area (Å²) in [6, 6.07) is 8.51. The van der Waals surface area contributed by atoms with Crippen LogP contribution >= 0.6 is 0 Å². The van der Waals surface area contributed by atoms with E-state index in [2.05, 4.69) is 11.4 Å². The molecule has 90 valence electrons. The molecule has 17 heavy (non-hydrogen) atoms. The number of rotatable bonds is 2. The van der Waals surface area contributed by atoms with Crippen LogP contribution in [0.1, 0.15) is 36.8 Å². The molecule has 0 atom stereocenters. The maximum Gasteiger partial charge on any atom is 0.102 e. The normalized spacial score (nSPS) is 24.1. The zero-order valence-electron chi connectivity index (χ0n) is 10.1. The number of nitrogens with zero attached hydrogens (tertiary/aromatic N) is 1. The third-order valence-corrected chi connectivity index (χ3v) is 3.44. The third-order valence-electron chi connectivity index (χ3n) is 3.44. The summed E-state index contributed by atoms with van der Waals surface area (Å²) in [5.74, 6) is 0. The van der Waals surface area contributed by atoms with E-state index in [4.69, 9.17) is 5.26 Å². The molecule has 0 saturated heterocycles. The molecule has 0 radical (unpaired) electrons. The molecule has 1 saturated carbocycles. The minimum Gasteiger partial charge on any atom is -0.393 e. The summed E-state index contributed by atoms with van der Waals surface area (Å²) in [4.78, 5) is 0. The minimum atomic E-state index is -0.138. The van der Waals surface area contributed by atoms with Crippen LogP contribution in [0.5, 0.6) is 0 Å². The Kier molecular flexibility index (Phi) is 3.65. The topological polar surface area (TPSA) is 56.0 Å². The molecule has 0 spiro atoms. The van der Waals surface area contributed by atoms with Gasteiger partial charge in [-0.25, -0.2) is 0 Å². The average Bonchev–Trinajstić information content (AvgIpc) is 2.32. The Bertz CT molecular complexity index is 428. The van der Waals surface area contributed by atoms with Gasteiger partial charge in [0.15, 0.2) is 0 Å². The summed E-state index contributed by atoms with van der Waals surface area (Å²) >= 11 is 0. The smallest absolute Gasteiger partial charge is 0.102 e. The van der Waals surface area contributed by atoms with Crippen molar-refractivity contribution in [2.24, 2.45) is 0 Å². The Morgan fingerprint density at radius 1 is 1.29 bits per heavy atom. The molecule has 0 heterocycles. The highest BCUT2D eigenvalue weighted by Crippen LogP contribution is 2.25. The van der Waals surface area contributed by atoms with Crippen LogP contribution in [0.15, 0.2) is 18.2 Å². The molecule has 1 aromatic rings. The van der Waals surface area contributed by atoms with Crippen LogP contribution in [0, 0.1) is 18.3 Å². The lowest BCUT2D eigenvalue weighted by Crippen LogP contribution is -2.28. The van der Waals surface area contributed by atoms with Crippen molar-refractivity contribution in [2.75, 3.05) is 5.32 Å². The van der Waals surface area contributed by atoms with Crippen molar-refractivity contribution in [2.45, 2.75) is 44.8 Å². The number of aliphatic hydroxyl groups excluding tert-OH is 1. The molecule has 1 aliphatic carbocycles. The number of nitrogens with one attached hydrogen (secondary N) is 1. The van der Waals surface area contributed by atoms with Gasteiger partial charge >= 0.3 is 0 Å². The molecule has 3 heteroatoms. The number of aliphatic hydroxyl groups is 1.